The molecule has 0 aliphatic rings. The molecule has 0 aliphatic carbocycles. The Hall–Kier alpha value is -2.49. The summed E-state index contributed by atoms with van der Waals surface area (Å²) in [6.45, 7) is 2.08. The molecule has 4 nitrogen and oxygen atoms in total. The van der Waals surface area contributed by atoms with Crippen molar-refractivity contribution < 1.29 is 9.53 Å². The zero-order valence-corrected chi connectivity index (χ0v) is 13.8. The van der Waals surface area contributed by atoms with E-state index in [9.17, 15) is 4.79 Å². The second-order valence-corrected chi connectivity index (χ2v) is 5.69. The van der Waals surface area contributed by atoms with E-state index in [-0.39, 0.29) is 5.91 Å². The van der Waals surface area contributed by atoms with Crippen molar-refractivity contribution in [1.82, 2.24) is 0 Å². The van der Waals surface area contributed by atoms with E-state index in [1.165, 1.54) is 11.1 Å². The van der Waals surface area contributed by atoms with E-state index in [1.54, 1.807) is 25.3 Å². The summed E-state index contributed by atoms with van der Waals surface area (Å²) in [5.74, 6) is 0.655. The van der Waals surface area contributed by atoms with Crippen molar-refractivity contribution in [2.75, 3.05) is 18.2 Å². The highest BCUT2D eigenvalue weighted by Crippen LogP contribution is 2.24. The van der Waals surface area contributed by atoms with Crippen LogP contribution < -0.4 is 15.8 Å². The SMILES string of the molecule is COc1ccc(N)c(NC(=O)CCCCc2ccc(C)cc2)c1. The van der Waals surface area contributed by atoms with Gasteiger partial charge in [-0.1, -0.05) is 29.8 Å². The molecule has 0 heterocycles. The maximum Gasteiger partial charge on any atom is 0.224 e. The molecule has 0 radical (unpaired) electrons. The number of benzene rings is 2. The summed E-state index contributed by atoms with van der Waals surface area (Å²) in [5.41, 5.74) is 9.59. The molecule has 2 aromatic carbocycles. The first kappa shape index (κ1) is 16.9. The monoisotopic (exact) mass is 312 g/mol. The zero-order chi connectivity index (χ0) is 16.7. The third-order valence-corrected chi connectivity index (χ3v) is 3.77. The molecule has 0 bridgehead atoms. The molecule has 23 heavy (non-hydrogen) atoms. The van der Waals surface area contributed by atoms with Crippen LogP contribution in [0.1, 0.15) is 30.4 Å². The van der Waals surface area contributed by atoms with Crippen LogP contribution in [0, 0.1) is 6.92 Å². The number of nitrogen functional groups attached to an aromatic ring is 1. The average Bonchev–Trinajstić information content (AvgIpc) is 2.55. The van der Waals surface area contributed by atoms with E-state index in [4.69, 9.17) is 10.5 Å². The highest BCUT2D eigenvalue weighted by Gasteiger charge is 2.06. The van der Waals surface area contributed by atoms with Crippen LogP contribution in [-0.2, 0) is 11.2 Å². The fourth-order valence-corrected chi connectivity index (χ4v) is 2.35. The van der Waals surface area contributed by atoms with Gasteiger partial charge in [-0.25, -0.2) is 0 Å². The van der Waals surface area contributed by atoms with E-state index >= 15 is 0 Å². The molecule has 0 unspecified atom stereocenters. The first-order chi connectivity index (χ1) is 11.1. The van der Waals surface area contributed by atoms with Gasteiger partial charge >= 0.3 is 0 Å². The molecule has 0 spiro atoms. The van der Waals surface area contributed by atoms with Crippen molar-refractivity contribution in [1.29, 1.82) is 0 Å². The number of unbranched alkanes of at least 4 members (excludes halogenated alkanes) is 1. The lowest BCUT2D eigenvalue weighted by Gasteiger charge is -2.10. The molecule has 3 N–H and O–H groups in total. The van der Waals surface area contributed by atoms with Crippen molar-refractivity contribution in [3.63, 3.8) is 0 Å². The van der Waals surface area contributed by atoms with E-state index in [0.29, 0.717) is 23.5 Å². The quantitative estimate of drug-likeness (QED) is 0.601. The molecule has 122 valence electrons. The van der Waals surface area contributed by atoms with Crippen LogP contribution in [0.5, 0.6) is 5.75 Å². The van der Waals surface area contributed by atoms with E-state index in [2.05, 4.69) is 36.5 Å². The fourth-order valence-electron chi connectivity index (χ4n) is 2.35. The standard InChI is InChI=1S/C19H24N2O2/c1-14-7-9-15(10-8-14)5-3-4-6-19(22)21-18-13-16(23-2)11-12-17(18)20/h7-13H,3-6,20H2,1-2H3,(H,21,22). The van der Waals surface area contributed by atoms with Crippen LogP contribution in [-0.4, -0.2) is 13.0 Å². The molecule has 2 aromatic rings. The minimum Gasteiger partial charge on any atom is -0.497 e. The Labute approximate surface area is 137 Å². The molecule has 0 atom stereocenters. The molecule has 0 aliphatic heterocycles. The van der Waals surface area contributed by atoms with Gasteiger partial charge in [-0.15, -0.1) is 0 Å². The maximum absolute atomic E-state index is 12.0. The average molecular weight is 312 g/mol. The van der Waals surface area contributed by atoms with Gasteiger partial charge in [0.15, 0.2) is 0 Å². The van der Waals surface area contributed by atoms with Crippen LogP contribution in [0.15, 0.2) is 42.5 Å². The lowest BCUT2D eigenvalue weighted by molar-refractivity contribution is -0.116. The molecular weight excluding hydrogens is 288 g/mol. The highest BCUT2D eigenvalue weighted by atomic mass is 16.5. The Morgan fingerprint density at radius 1 is 1.13 bits per heavy atom. The zero-order valence-electron chi connectivity index (χ0n) is 13.8. The van der Waals surface area contributed by atoms with Gasteiger partial charge in [0, 0.05) is 12.5 Å². The highest BCUT2D eigenvalue weighted by molar-refractivity contribution is 5.94. The molecule has 0 saturated heterocycles. The minimum absolute atomic E-state index is 0.0196. The number of hydrogen-bond donors (Lipinski definition) is 2. The van der Waals surface area contributed by atoms with Gasteiger partial charge in [-0.05, 0) is 43.9 Å². The smallest absolute Gasteiger partial charge is 0.224 e. The van der Waals surface area contributed by atoms with Crippen molar-refractivity contribution in [3.05, 3.63) is 53.6 Å². The van der Waals surface area contributed by atoms with Crippen LogP contribution in [0.25, 0.3) is 0 Å². The van der Waals surface area contributed by atoms with Crippen LogP contribution in [0.2, 0.25) is 0 Å². The summed E-state index contributed by atoms with van der Waals surface area (Å²) >= 11 is 0. The summed E-state index contributed by atoms with van der Waals surface area (Å²) in [5, 5.41) is 2.85. The topological polar surface area (TPSA) is 64.3 Å². The van der Waals surface area contributed by atoms with Crippen molar-refractivity contribution in [2.24, 2.45) is 0 Å². The number of amides is 1. The summed E-state index contributed by atoms with van der Waals surface area (Å²) in [6, 6.07) is 13.8. The Bertz CT molecular complexity index is 651. The summed E-state index contributed by atoms with van der Waals surface area (Å²) in [4.78, 5) is 12.0. The Balaban J connectivity index is 1.76. The number of ether oxygens (including phenoxy) is 1. The van der Waals surface area contributed by atoms with Gasteiger partial charge in [-0.3, -0.25) is 4.79 Å². The summed E-state index contributed by atoms with van der Waals surface area (Å²) in [7, 11) is 1.59. The normalized spacial score (nSPS) is 10.3. The lowest BCUT2D eigenvalue weighted by Crippen LogP contribution is -2.12. The number of rotatable bonds is 7. The summed E-state index contributed by atoms with van der Waals surface area (Å²) in [6.07, 6.45) is 3.32. The van der Waals surface area contributed by atoms with Crippen molar-refractivity contribution in [2.45, 2.75) is 32.6 Å². The number of nitrogens with two attached hydrogens (primary N) is 1. The number of nitrogens with one attached hydrogen (secondary N) is 1. The molecule has 1 amide bonds. The van der Waals surface area contributed by atoms with Gasteiger partial charge in [0.2, 0.25) is 5.91 Å². The molecule has 0 fully saturated rings. The molecule has 4 heteroatoms. The Morgan fingerprint density at radius 2 is 1.87 bits per heavy atom. The molecular formula is C19H24N2O2. The second-order valence-electron chi connectivity index (χ2n) is 5.69. The second kappa shape index (κ2) is 8.22. The number of hydrogen-bond acceptors (Lipinski definition) is 3. The third kappa shape index (κ3) is 5.33. The van der Waals surface area contributed by atoms with Crippen molar-refractivity contribution >= 4 is 17.3 Å². The van der Waals surface area contributed by atoms with Gasteiger partial charge in [0.25, 0.3) is 0 Å². The first-order valence-corrected chi connectivity index (χ1v) is 7.87. The minimum atomic E-state index is -0.0196. The molecule has 0 saturated carbocycles. The number of anilines is 2. The van der Waals surface area contributed by atoms with Crippen LogP contribution in [0.4, 0.5) is 11.4 Å². The van der Waals surface area contributed by atoms with Crippen LogP contribution in [0.3, 0.4) is 0 Å². The largest absolute Gasteiger partial charge is 0.497 e. The van der Waals surface area contributed by atoms with Crippen LogP contribution >= 0.6 is 0 Å². The van der Waals surface area contributed by atoms with Gasteiger partial charge in [-0.2, -0.15) is 0 Å². The van der Waals surface area contributed by atoms with E-state index in [1.807, 2.05) is 0 Å². The van der Waals surface area contributed by atoms with Gasteiger partial charge in [0.05, 0.1) is 18.5 Å². The van der Waals surface area contributed by atoms with Crippen molar-refractivity contribution in [3.8, 4) is 5.75 Å². The first-order valence-electron chi connectivity index (χ1n) is 7.87. The fraction of sp³-hybridized carbons (Fsp3) is 0.316. The maximum atomic E-state index is 12.0. The molecule has 0 aromatic heterocycles. The lowest BCUT2D eigenvalue weighted by atomic mass is 10.1. The number of methoxy groups -OCH3 is 1. The third-order valence-electron chi connectivity index (χ3n) is 3.77. The number of carbonyl (C=O) groups is 1. The molecule has 2 rings (SSSR count). The van der Waals surface area contributed by atoms with E-state index < -0.39 is 0 Å². The predicted octanol–water partition coefficient (Wildman–Crippen LogP) is 3.94. The predicted molar refractivity (Wildman–Crippen MR) is 94.8 cm³/mol. The summed E-state index contributed by atoms with van der Waals surface area (Å²) < 4.78 is 5.14. The van der Waals surface area contributed by atoms with Gasteiger partial charge in [0.1, 0.15) is 5.75 Å². The van der Waals surface area contributed by atoms with Gasteiger partial charge < -0.3 is 15.8 Å². The Morgan fingerprint density at radius 3 is 2.57 bits per heavy atom. The Kier molecular flexibility index (Phi) is 6.03. The van der Waals surface area contributed by atoms with E-state index in [0.717, 1.165) is 19.3 Å². The number of carbonyl (C=O) groups excluding carboxylic acids is 1. The number of aryl methyl sites for hydroxylation is 2.